The van der Waals surface area contributed by atoms with Crippen molar-refractivity contribution in [2.24, 2.45) is 5.14 Å². The molecular weight excluding hydrogens is 303 g/mol. The maximum absolute atomic E-state index is 11.5. The second kappa shape index (κ2) is 6.65. The quantitative estimate of drug-likeness (QED) is 0.714. The number of rotatable bonds is 2. The van der Waals surface area contributed by atoms with E-state index in [-0.39, 0.29) is 0 Å². The third-order valence-corrected chi connectivity index (χ3v) is 4.68. The van der Waals surface area contributed by atoms with Crippen LogP contribution in [0.15, 0.2) is 0 Å². The first-order chi connectivity index (χ1) is 7.96. The van der Waals surface area contributed by atoms with Crippen molar-refractivity contribution in [3.63, 3.8) is 0 Å². The van der Waals surface area contributed by atoms with Gasteiger partial charge in [0.1, 0.15) is 0 Å². The highest BCUT2D eigenvalue weighted by Crippen LogP contribution is 2.24. The van der Waals surface area contributed by atoms with Crippen LogP contribution in [-0.4, -0.2) is 53.9 Å². The lowest BCUT2D eigenvalue weighted by Crippen LogP contribution is -2.32. The van der Waals surface area contributed by atoms with Gasteiger partial charge in [-0.2, -0.15) is 13.2 Å². The number of sulfone groups is 1. The lowest BCUT2D eigenvalue weighted by atomic mass is 10.6. The standard InChI is InChI=1S/C4H8O2.C2H4F3NO4S2/c1-2-6-4-3-5-1;3-2(4,5)11(7,8)1-12(6,9)10/h1-4H2;1H2,(H2,6,9,10). The van der Waals surface area contributed by atoms with Gasteiger partial charge in [-0.3, -0.25) is 0 Å². The molecule has 1 heterocycles. The van der Waals surface area contributed by atoms with Gasteiger partial charge in [-0.25, -0.2) is 22.0 Å². The Kier molecular flexibility index (Phi) is 6.50. The maximum Gasteiger partial charge on any atom is 0.498 e. The van der Waals surface area contributed by atoms with Crippen LogP contribution in [0.1, 0.15) is 0 Å². The molecule has 1 rings (SSSR count). The Morgan fingerprint density at radius 2 is 1.28 bits per heavy atom. The molecule has 12 heteroatoms. The summed E-state index contributed by atoms with van der Waals surface area (Å²) >= 11 is 0. The Morgan fingerprint density at radius 1 is 0.944 bits per heavy atom. The minimum Gasteiger partial charge on any atom is -0.377 e. The number of sulfonamides is 1. The van der Waals surface area contributed by atoms with E-state index in [1.807, 2.05) is 0 Å². The molecule has 0 aromatic carbocycles. The molecule has 2 N–H and O–H groups in total. The van der Waals surface area contributed by atoms with Crippen molar-refractivity contribution in [2.75, 3.05) is 31.5 Å². The van der Waals surface area contributed by atoms with Crippen LogP contribution in [0.3, 0.4) is 0 Å². The summed E-state index contributed by atoms with van der Waals surface area (Å²) in [5, 5.41) is 1.99. The minimum absolute atomic E-state index is 0.778. The molecule has 0 saturated carbocycles. The first kappa shape index (κ1) is 17.6. The van der Waals surface area contributed by atoms with Gasteiger partial charge >= 0.3 is 5.51 Å². The van der Waals surface area contributed by atoms with E-state index >= 15 is 0 Å². The van der Waals surface area contributed by atoms with Crippen LogP contribution in [0.2, 0.25) is 0 Å². The molecule has 7 nitrogen and oxygen atoms in total. The Labute approximate surface area is 102 Å². The van der Waals surface area contributed by atoms with E-state index in [0.29, 0.717) is 0 Å². The highest BCUT2D eigenvalue weighted by Gasteiger charge is 2.47. The summed E-state index contributed by atoms with van der Waals surface area (Å²) in [4.78, 5) is 0. The molecule has 0 aliphatic carbocycles. The normalized spacial score (nSPS) is 17.8. The largest absolute Gasteiger partial charge is 0.498 e. The van der Waals surface area contributed by atoms with Crippen LogP contribution in [0, 0.1) is 0 Å². The minimum atomic E-state index is -5.67. The van der Waals surface area contributed by atoms with Crippen LogP contribution in [0.25, 0.3) is 0 Å². The summed E-state index contributed by atoms with van der Waals surface area (Å²) < 4.78 is 84.4. The summed E-state index contributed by atoms with van der Waals surface area (Å²) in [6.45, 7) is 3.11. The van der Waals surface area contributed by atoms with Crippen molar-refractivity contribution < 1.29 is 39.5 Å². The molecule has 0 radical (unpaired) electrons. The Morgan fingerprint density at radius 3 is 1.39 bits per heavy atom. The number of primary sulfonamides is 1. The second-order valence-electron chi connectivity index (χ2n) is 3.07. The van der Waals surface area contributed by atoms with Crippen LogP contribution in [-0.2, 0) is 29.3 Å². The molecule has 1 saturated heterocycles. The summed E-state index contributed by atoms with van der Waals surface area (Å²) in [5.74, 6) is 0. The number of ether oxygens (including phenoxy) is 2. The van der Waals surface area contributed by atoms with Gasteiger partial charge in [0, 0.05) is 0 Å². The molecule has 0 bridgehead atoms. The summed E-state index contributed by atoms with van der Waals surface area (Å²) in [6.07, 6.45) is 0. The first-order valence-corrected chi connectivity index (χ1v) is 7.77. The summed E-state index contributed by atoms with van der Waals surface area (Å²) in [6, 6.07) is 0. The van der Waals surface area contributed by atoms with Crippen LogP contribution in [0.5, 0.6) is 0 Å². The van der Waals surface area contributed by atoms with Gasteiger partial charge in [-0.05, 0) is 0 Å². The van der Waals surface area contributed by atoms with Crippen molar-refractivity contribution >= 4 is 19.9 Å². The third-order valence-electron chi connectivity index (χ3n) is 1.42. The molecule has 0 aromatic heterocycles. The Balaban J connectivity index is 0.000000397. The van der Waals surface area contributed by atoms with E-state index in [1.54, 1.807) is 0 Å². The molecule has 0 unspecified atom stereocenters. The van der Waals surface area contributed by atoms with Gasteiger partial charge in [-0.1, -0.05) is 0 Å². The summed E-state index contributed by atoms with van der Waals surface area (Å²) in [5.41, 5.74) is -5.58. The average molecular weight is 315 g/mol. The van der Waals surface area contributed by atoms with E-state index in [9.17, 15) is 30.0 Å². The van der Waals surface area contributed by atoms with Gasteiger partial charge in [0.05, 0.1) is 26.4 Å². The zero-order valence-corrected chi connectivity index (χ0v) is 10.6. The van der Waals surface area contributed by atoms with Crippen LogP contribution < -0.4 is 5.14 Å². The zero-order chi connectivity index (χ0) is 14.4. The van der Waals surface area contributed by atoms with Crippen molar-refractivity contribution in [3.05, 3.63) is 0 Å². The Hall–Kier alpha value is -0.430. The van der Waals surface area contributed by atoms with E-state index in [1.165, 1.54) is 0 Å². The molecule has 0 aromatic rings. The molecule has 110 valence electrons. The lowest BCUT2D eigenvalue weighted by Gasteiger charge is -2.09. The fraction of sp³-hybridized carbons (Fsp3) is 1.00. The summed E-state index contributed by atoms with van der Waals surface area (Å²) in [7, 11) is -10.3. The van der Waals surface area contributed by atoms with E-state index in [0.717, 1.165) is 26.4 Å². The third kappa shape index (κ3) is 7.81. The molecule has 18 heavy (non-hydrogen) atoms. The molecule has 0 spiro atoms. The SMILES string of the molecule is C1COCCO1.NS(=O)(=O)CS(=O)(=O)C(F)(F)F. The highest BCUT2D eigenvalue weighted by molar-refractivity contribution is 8.07. The van der Waals surface area contributed by atoms with Gasteiger partial charge in [-0.15, -0.1) is 0 Å². The fourth-order valence-corrected chi connectivity index (χ4v) is 2.99. The van der Waals surface area contributed by atoms with Gasteiger partial charge in [0.15, 0.2) is 5.08 Å². The molecule has 0 amide bonds. The van der Waals surface area contributed by atoms with Gasteiger partial charge in [0.25, 0.3) is 9.84 Å². The van der Waals surface area contributed by atoms with Gasteiger partial charge in [0.2, 0.25) is 10.0 Å². The zero-order valence-electron chi connectivity index (χ0n) is 9.01. The molecule has 1 aliphatic heterocycles. The van der Waals surface area contributed by atoms with E-state index in [4.69, 9.17) is 9.47 Å². The second-order valence-corrected chi connectivity index (χ2v) is 7.03. The van der Waals surface area contributed by atoms with Crippen molar-refractivity contribution in [3.8, 4) is 0 Å². The van der Waals surface area contributed by atoms with Crippen molar-refractivity contribution in [1.82, 2.24) is 0 Å². The number of nitrogens with two attached hydrogens (primary N) is 1. The first-order valence-electron chi connectivity index (χ1n) is 4.41. The topological polar surface area (TPSA) is 113 Å². The molecule has 1 aliphatic rings. The van der Waals surface area contributed by atoms with Crippen LogP contribution >= 0.6 is 0 Å². The predicted molar refractivity (Wildman–Crippen MR) is 54.6 cm³/mol. The van der Waals surface area contributed by atoms with Gasteiger partial charge < -0.3 is 9.47 Å². The highest BCUT2D eigenvalue weighted by atomic mass is 32.3. The number of halogens is 3. The van der Waals surface area contributed by atoms with Crippen LogP contribution in [0.4, 0.5) is 13.2 Å². The maximum atomic E-state index is 11.5. The predicted octanol–water partition coefficient (Wildman–Crippen LogP) is -0.800. The smallest absolute Gasteiger partial charge is 0.377 e. The number of hydrogen-bond donors (Lipinski definition) is 1. The van der Waals surface area contributed by atoms with E-state index < -0.39 is 30.5 Å². The number of alkyl halides is 3. The monoisotopic (exact) mass is 315 g/mol. The number of hydrogen-bond acceptors (Lipinski definition) is 6. The van der Waals surface area contributed by atoms with E-state index in [2.05, 4.69) is 5.14 Å². The molecule has 1 fully saturated rings. The van der Waals surface area contributed by atoms with Crippen molar-refractivity contribution in [1.29, 1.82) is 0 Å². The van der Waals surface area contributed by atoms with Crippen molar-refractivity contribution in [2.45, 2.75) is 5.51 Å². The average Bonchev–Trinajstić information content (AvgIpc) is 2.15. The molecular formula is C6H12F3NO6S2. The molecule has 0 atom stereocenters. The lowest BCUT2D eigenvalue weighted by molar-refractivity contribution is -0.0431. The fourth-order valence-electron chi connectivity index (χ4n) is 0.723. The Bertz CT molecular complexity index is 427.